The van der Waals surface area contributed by atoms with E-state index in [0.29, 0.717) is 10.3 Å². The Bertz CT molecular complexity index is 701. The SMILES string of the molecule is C[C@H](C1CCCC1P(C(C)(C)C)C(C)(C)C)P(c1ccccc1)c1ccccc1. The molecule has 1 aliphatic rings. The van der Waals surface area contributed by atoms with Crippen molar-refractivity contribution in [1.29, 1.82) is 0 Å². The molecule has 3 rings (SSSR count). The average molecular weight is 427 g/mol. The van der Waals surface area contributed by atoms with E-state index < -0.39 is 0 Å². The molecule has 2 aromatic carbocycles. The van der Waals surface area contributed by atoms with Gasteiger partial charge in [0, 0.05) is 0 Å². The van der Waals surface area contributed by atoms with E-state index in [1.165, 1.54) is 19.3 Å². The van der Waals surface area contributed by atoms with Crippen LogP contribution in [0.2, 0.25) is 0 Å². The summed E-state index contributed by atoms with van der Waals surface area (Å²) in [6, 6.07) is 22.7. The van der Waals surface area contributed by atoms with Crippen LogP contribution in [0.15, 0.2) is 60.7 Å². The molecule has 1 aliphatic carbocycles. The highest BCUT2D eigenvalue weighted by atomic mass is 31.1. The Morgan fingerprint density at radius 3 is 1.59 bits per heavy atom. The smallest absolute Gasteiger partial charge is 0.0123 e. The summed E-state index contributed by atoms with van der Waals surface area (Å²) in [6.45, 7) is 17.6. The topological polar surface area (TPSA) is 0 Å². The summed E-state index contributed by atoms with van der Waals surface area (Å²) in [5, 5.41) is 3.90. The minimum atomic E-state index is -0.336. The molecule has 29 heavy (non-hydrogen) atoms. The molecule has 0 N–H and O–H groups in total. The highest BCUT2D eigenvalue weighted by Gasteiger charge is 2.47. The monoisotopic (exact) mass is 426 g/mol. The fourth-order valence-corrected chi connectivity index (χ4v) is 14.2. The van der Waals surface area contributed by atoms with Gasteiger partial charge in [0.2, 0.25) is 0 Å². The molecular weight excluding hydrogens is 386 g/mol. The Balaban J connectivity index is 2.00. The lowest BCUT2D eigenvalue weighted by Gasteiger charge is -2.49. The van der Waals surface area contributed by atoms with E-state index in [1.807, 2.05) is 0 Å². The van der Waals surface area contributed by atoms with Crippen molar-refractivity contribution in [3.05, 3.63) is 60.7 Å². The molecule has 0 radical (unpaired) electrons. The molecule has 0 amide bonds. The zero-order chi connectivity index (χ0) is 21.2. The second-order valence-electron chi connectivity index (χ2n) is 10.7. The van der Waals surface area contributed by atoms with Gasteiger partial charge in [-0.25, -0.2) is 0 Å². The van der Waals surface area contributed by atoms with E-state index in [4.69, 9.17) is 0 Å². The molecule has 0 bridgehead atoms. The highest BCUT2D eigenvalue weighted by Crippen LogP contribution is 2.68. The third-order valence-electron chi connectivity index (χ3n) is 6.40. The second-order valence-corrected chi connectivity index (χ2v) is 17.3. The third-order valence-corrected chi connectivity index (χ3v) is 13.5. The van der Waals surface area contributed by atoms with Crippen molar-refractivity contribution in [2.45, 2.75) is 89.4 Å². The van der Waals surface area contributed by atoms with E-state index in [9.17, 15) is 0 Å². The molecule has 0 heterocycles. The van der Waals surface area contributed by atoms with Gasteiger partial charge in [-0.3, -0.25) is 0 Å². The Morgan fingerprint density at radius 1 is 0.724 bits per heavy atom. The summed E-state index contributed by atoms with van der Waals surface area (Å²) in [6.07, 6.45) is 4.26. The summed E-state index contributed by atoms with van der Waals surface area (Å²) >= 11 is 0. The number of rotatable bonds is 5. The van der Waals surface area contributed by atoms with Crippen molar-refractivity contribution in [2.75, 3.05) is 0 Å². The van der Waals surface area contributed by atoms with Crippen LogP contribution >= 0.6 is 15.8 Å². The van der Waals surface area contributed by atoms with Gasteiger partial charge in [0.1, 0.15) is 0 Å². The van der Waals surface area contributed by atoms with Gasteiger partial charge in [0.25, 0.3) is 0 Å². The summed E-state index contributed by atoms with van der Waals surface area (Å²) in [7, 11) is -0.404. The minimum Gasteiger partial charge on any atom is -0.0921 e. The van der Waals surface area contributed by atoms with E-state index in [2.05, 4.69) is 109 Å². The van der Waals surface area contributed by atoms with Crippen LogP contribution < -0.4 is 10.6 Å². The van der Waals surface area contributed by atoms with Gasteiger partial charge in [-0.2, -0.15) is 0 Å². The molecule has 0 spiro atoms. The lowest BCUT2D eigenvalue weighted by atomic mass is 10.0. The first-order chi connectivity index (χ1) is 13.6. The van der Waals surface area contributed by atoms with Gasteiger partial charge >= 0.3 is 0 Å². The zero-order valence-electron chi connectivity index (χ0n) is 19.5. The van der Waals surface area contributed by atoms with Crippen LogP contribution in [0.25, 0.3) is 0 Å². The Kier molecular flexibility index (Phi) is 7.29. The van der Waals surface area contributed by atoms with Gasteiger partial charge in [0.15, 0.2) is 0 Å². The molecule has 0 aromatic heterocycles. The van der Waals surface area contributed by atoms with E-state index >= 15 is 0 Å². The van der Waals surface area contributed by atoms with Crippen molar-refractivity contribution in [3.8, 4) is 0 Å². The molecule has 2 aromatic rings. The number of hydrogen-bond acceptors (Lipinski definition) is 0. The molecule has 0 saturated heterocycles. The largest absolute Gasteiger partial charge is 0.0921 e. The predicted molar refractivity (Wildman–Crippen MR) is 136 cm³/mol. The van der Waals surface area contributed by atoms with Crippen LogP contribution in [0, 0.1) is 5.92 Å². The normalized spacial score (nSPS) is 21.7. The van der Waals surface area contributed by atoms with Crippen LogP contribution in [0.4, 0.5) is 0 Å². The average Bonchev–Trinajstić information content (AvgIpc) is 3.10. The number of benzene rings is 2. The molecule has 0 aliphatic heterocycles. The van der Waals surface area contributed by atoms with Gasteiger partial charge in [0.05, 0.1) is 0 Å². The Hall–Kier alpha value is -0.700. The first-order valence-corrected chi connectivity index (χ1v) is 14.1. The standard InChI is InChI=1S/C27H40P2/c1-21(24-19-14-20-25(24)29(26(2,3)4)27(5,6)7)28(22-15-10-8-11-16-22)23-17-12-9-13-18-23/h8-13,15-18,21,24-25H,14,19-20H2,1-7H3/t21-,24?,25?/m1/s1. The fraction of sp³-hybridized carbons (Fsp3) is 0.556. The zero-order valence-corrected chi connectivity index (χ0v) is 21.3. The first kappa shape index (κ1) is 23.0. The maximum Gasteiger partial charge on any atom is -0.0123 e. The van der Waals surface area contributed by atoms with E-state index in [-0.39, 0.29) is 15.8 Å². The first-order valence-electron chi connectivity index (χ1n) is 11.3. The summed E-state index contributed by atoms with van der Waals surface area (Å²) in [5.41, 5.74) is 1.61. The lowest BCUT2D eigenvalue weighted by molar-refractivity contribution is 0.531. The van der Waals surface area contributed by atoms with Crippen molar-refractivity contribution in [1.82, 2.24) is 0 Å². The quantitative estimate of drug-likeness (QED) is 0.429. The maximum absolute atomic E-state index is 2.58. The number of hydrogen-bond donors (Lipinski definition) is 0. The van der Waals surface area contributed by atoms with E-state index in [1.54, 1.807) is 10.6 Å². The minimum absolute atomic E-state index is 0.0678. The molecule has 3 atom stereocenters. The molecule has 2 unspecified atom stereocenters. The molecule has 158 valence electrons. The predicted octanol–water partition coefficient (Wildman–Crippen LogP) is 7.76. The molecule has 1 fully saturated rings. The third kappa shape index (κ3) is 5.32. The molecular formula is C27H40P2. The van der Waals surface area contributed by atoms with Crippen LogP contribution in [0.3, 0.4) is 0 Å². The van der Waals surface area contributed by atoms with Crippen LogP contribution in [-0.4, -0.2) is 21.6 Å². The summed E-state index contributed by atoms with van der Waals surface area (Å²) in [5.74, 6) is 0.839. The fourth-order valence-electron chi connectivity index (χ4n) is 5.84. The van der Waals surface area contributed by atoms with Gasteiger partial charge in [-0.05, 0) is 58.9 Å². The molecule has 1 saturated carbocycles. The van der Waals surface area contributed by atoms with Crippen molar-refractivity contribution >= 4 is 26.5 Å². The maximum atomic E-state index is 2.58. The van der Waals surface area contributed by atoms with Crippen molar-refractivity contribution < 1.29 is 0 Å². The van der Waals surface area contributed by atoms with Gasteiger partial charge in [-0.15, -0.1) is 0 Å². The van der Waals surface area contributed by atoms with Gasteiger partial charge in [-0.1, -0.05) is 123 Å². The van der Waals surface area contributed by atoms with Crippen LogP contribution in [0.5, 0.6) is 0 Å². The summed E-state index contributed by atoms with van der Waals surface area (Å²) in [4.78, 5) is 0. The Morgan fingerprint density at radius 2 is 1.17 bits per heavy atom. The van der Waals surface area contributed by atoms with Crippen LogP contribution in [-0.2, 0) is 0 Å². The second kappa shape index (κ2) is 9.20. The van der Waals surface area contributed by atoms with Crippen molar-refractivity contribution in [2.24, 2.45) is 5.92 Å². The lowest BCUT2D eigenvalue weighted by Crippen LogP contribution is -2.37. The highest BCUT2D eigenvalue weighted by molar-refractivity contribution is 7.73. The Labute approximate surface area is 182 Å². The molecule has 0 nitrogen and oxygen atoms in total. The van der Waals surface area contributed by atoms with Crippen LogP contribution in [0.1, 0.15) is 67.7 Å². The summed E-state index contributed by atoms with van der Waals surface area (Å²) < 4.78 is 0. The van der Waals surface area contributed by atoms with Crippen molar-refractivity contribution in [3.63, 3.8) is 0 Å². The van der Waals surface area contributed by atoms with E-state index in [0.717, 1.165) is 17.2 Å². The van der Waals surface area contributed by atoms with Gasteiger partial charge < -0.3 is 0 Å². The molecule has 2 heteroatoms.